The summed E-state index contributed by atoms with van der Waals surface area (Å²) in [7, 11) is -3.26. The molecule has 2 aliphatic rings. The first-order valence-corrected chi connectivity index (χ1v) is 10.9. The van der Waals surface area contributed by atoms with E-state index in [1.54, 1.807) is 12.1 Å². The fraction of sp³-hybridized carbons (Fsp3) is 0.667. The van der Waals surface area contributed by atoms with Crippen LogP contribution in [0.2, 0.25) is 0 Å². The van der Waals surface area contributed by atoms with E-state index < -0.39 is 21.5 Å². The van der Waals surface area contributed by atoms with Gasteiger partial charge in [-0.05, 0) is 31.9 Å². The number of pyridine rings is 1. The third-order valence-electron chi connectivity index (χ3n) is 5.58. The van der Waals surface area contributed by atoms with Crippen LogP contribution in [0.3, 0.4) is 0 Å². The van der Waals surface area contributed by atoms with Gasteiger partial charge in [-0.2, -0.15) is 0 Å². The van der Waals surface area contributed by atoms with Crippen LogP contribution >= 0.6 is 0 Å². The number of carbonyl (C=O) groups is 1. The van der Waals surface area contributed by atoms with Crippen molar-refractivity contribution in [2.45, 2.75) is 55.2 Å². The summed E-state index contributed by atoms with van der Waals surface area (Å²) in [6, 6.07) is 3.30. The first kappa shape index (κ1) is 20.0. The maximum absolute atomic E-state index is 11.6. The van der Waals surface area contributed by atoms with Crippen LogP contribution in [-0.2, 0) is 19.4 Å². The molecule has 0 bridgehead atoms. The summed E-state index contributed by atoms with van der Waals surface area (Å²) >= 11 is 0. The Morgan fingerprint density at radius 2 is 2.04 bits per heavy atom. The molecule has 1 spiro atoms. The second kappa shape index (κ2) is 7.03. The lowest BCUT2D eigenvalue weighted by Crippen LogP contribution is -2.65. The van der Waals surface area contributed by atoms with Crippen LogP contribution in [0, 0.1) is 0 Å². The molecule has 1 aromatic heterocycles. The van der Waals surface area contributed by atoms with Gasteiger partial charge in [0.2, 0.25) is 5.91 Å². The molecule has 0 unspecified atom stereocenters. The molecule has 150 valence electrons. The third-order valence-corrected chi connectivity index (χ3v) is 6.68. The van der Waals surface area contributed by atoms with E-state index >= 15 is 0 Å². The molecular formula is C18H27N3O5S. The average molecular weight is 397 g/mol. The van der Waals surface area contributed by atoms with Crippen molar-refractivity contribution in [2.24, 2.45) is 0 Å². The Bertz CT molecular complexity index is 803. The zero-order valence-corrected chi connectivity index (χ0v) is 16.8. The van der Waals surface area contributed by atoms with Gasteiger partial charge in [-0.25, -0.2) is 13.4 Å². The number of nitrogens with zero attached hydrogens (tertiary/aromatic N) is 2. The van der Waals surface area contributed by atoms with Crippen molar-refractivity contribution < 1.29 is 23.1 Å². The van der Waals surface area contributed by atoms with Gasteiger partial charge >= 0.3 is 0 Å². The highest BCUT2D eigenvalue weighted by Crippen LogP contribution is 2.40. The number of aliphatic hydroxyl groups excluding tert-OH is 1. The molecule has 2 fully saturated rings. The van der Waals surface area contributed by atoms with Gasteiger partial charge in [0, 0.05) is 38.9 Å². The fourth-order valence-electron chi connectivity index (χ4n) is 4.05. The third kappa shape index (κ3) is 4.25. The number of ether oxygens (including phenoxy) is 1. The van der Waals surface area contributed by atoms with Crippen molar-refractivity contribution in [3.63, 3.8) is 0 Å². The number of aliphatic hydroxyl groups is 1. The molecule has 0 saturated carbocycles. The summed E-state index contributed by atoms with van der Waals surface area (Å²) in [5.41, 5.74) is -1.10. The molecule has 8 nitrogen and oxygen atoms in total. The SMILES string of the molecule is CC(=O)N[C@]1(C)CC2(CCN(c3ccc(S(C)(=O)=O)cn3)CC2)OC[C@H]1O. The molecule has 2 atom stereocenters. The van der Waals surface area contributed by atoms with E-state index in [-0.39, 0.29) is 23.0 Å². The van der Waals surface area contributed by atoms with Gasteiger partial charge in [0.1, 0.15) is 11.9 Å². The molecule has 3 heterocycles. The van der Waals surface area contributed by atoms with E-state index in [2.05, 4.69) is 15.2 Å². The molecule has 1 amide bonds. The Balaban J connectivity index is 1.68. The van der Waals surface area contributed by atoms with Gasteiger partial charge in [0.25, 0.3) is 0 Å². The Morgan fingerprint density at radius 1 is 1.37 bits per heavy atom. The van der Waals surface area contributed by atoms with Gasteiger partial charge in [0.05, 0.1) is 22.6 Å². The topological polar surface area (TPSA) is 109 Å². The predicted octanol–water partition coefficient (Wildman–Crippen LogP) is 0.500. The largest absolute Gasteiger partial charge is 0.388 e. The maximum atomic E-state index is 11.6. The number of hydrogen-bond donors (Lipinski definition) is 2. The Morgan fingerprint density at radius 3 is 2.56 bits per heavy atom. The second-order valence-corrected chi connectivity index (χ2v) is 9.91. The highest BCUT2D eigenvalue weighted by molar-refractivity contribution is 7.90. The number of piperidine rings is 1. The standard InChI is InChI=1S/C18H27N3O5S/c1-13(22)20-17(2)12-18(26-11-15(17)23)6-8-21(9-7-18)16-5-4-14(10-19-16)27(3,24)25/h4-5,10,15,23H,6-9,11-12H2,1-3H3,(H,20,22)/t15-,17-/m1/s1. The quantitative estimate of drug-likeness (QED) is 0.764. The van der Waals surface area contributed by atoms with Crippen LogP contribution in [0.1, 0.15) is 33.1 Å². The van der Waals surface area contributed by atoms with Crippen LogP contribution < -0.4 is 10.2 Å². The van der Waals surface area contributed by atoms with Gasteiger partial charge in [-0.1, -0.05) is 0 Å². The molecule has 1 aromatic rings. The van der Waals surface area contributed by atoms with Gasteiger partial charge in [0.15, 0.2) is 9.84 Å². The van der Waals surface area contributed by atoms with Crippen LogP contribution in [0.4, 0.5) is 5.82 Å². The number of amides is 1. The summed E-state index contributed by atoms with van der Waals surface area (Å²) < 4.78 is 29.1. The van der Waals surface area contributed by atoms with Crippen molar-refractivity contribution >= 4 is 21.6 Å². The Hall–Kier alpha value is -1.71. The molecular weight excluding hydrogens is 370 g/mol. The highest BCUT2D eigenvalue weighted by atomic mass is 32.2. The molecule has 2 N–H and O–H groups in total. The minimum absolute atomic E-state index is 0.166. The van der Waals surface area contributed by atoms with E-state index in [9.17, 15) is 18.3 Å². The van der Waals surface area contributed by atoms with E-state index in [0.29, 0.717) is 19.5 Å². The molecule has 27 heavy (non-hydrogen) atoms. The molecule has 2 aliphatic heterocycles. The smallest absolute Gasteiger partial charge is 0.217 e. The lowest BCUT2D eigenvalue weighted by molar-refractivity contribution is -0.172. The average Bonchev–Trinajstić information content (AvgIpc) is 2.58. The molecule has 9 heteroatoms. The van der Waals surface area contributed by atoms with Crippen molar-refractivity contribution in [2.75, 3.05) is 30.9 Å². The predicted molar refractivity (Wildman–Crippen MR) is 100 cm³/mol. The number of hydrogen-bond acceptors (Lipinski definition) is 7. The first-order valence-electron chi connectivity index (χ1n) is 9.05. The van der Waals surface area contributed by atoms with E-state index in [4.69, 9.17) is 4.74 Å². The van der Waals surface area contributed by atoms with E-state index in [1.807, 2.05) is 6.92 Å². The molecule has 3 rings (SSSR count). The second-order valence-electron chi connectivity index (χ2n) is 7.90. The van der Waals surface area contributed by atoms with Gasteiger partial charge in [-0.3, -0.25) is 4.79 Å². The molecule has 0 radical (unpaired) electrons. The van der Waals surface area contributed by atoms with Crippen molar-refractivity contribution in [1.82, 2.24) is 10.3 Å². The van der Waals surface area contributed by atoms with Crippen LogP contribution in [-0.4, -0.2) is 67.6 Å². The highest BCUT2D eigenvalue weighted by Gasteiger charge is 2.49. The number of aromatic nitrogens is 1. The first-order chi connectivity index (χ1) is 12.5. The van der Waals surface area contributed by atoms with Gasteiger partial charge in [-0.15, -0.1) is 0 Å². The number of nitrogens with one attached hydrogen (secondary N) is 1. The number of carbonyl (C=O) groups excluding carboxylic acids is 1. The Labute approximate surface area is 159 Å². The number of sulfone groups is 1. The van der Waals surface area contributed by atoms with Crippen LogP contribution in [0.5, 0.6) is 0 Å². The lowest BCUT2D eigenvalue weighted by atomic mass is 9.74. The van der Waals surface area contributed by atoms with Crippen molar-refractivity contribution in [3.05, 3.63) is 18.3 Å². The normalized spacial score (nSPS) is 28.1. The number of rotatable bonds is 3. The van der Waals surface area contributed by atoms with E-state index in [0.717, 1.165) is 24.9 Å². The summed E-state index contributed by atoms with van der Waals surface area (Å²) in [6.45, 7) is 4.92. The van der Waals surface area contributed by atoms with Crippen molar-refractivity contribution in [3.8, 4) is 0 Å². The summed E-state index contributed by atoms with van der Waals surface area (Å²) in [5, 5.41) is 13.2. The zero-order valence-electron chi connectivity index (χ0n) is 15.9. The zero-order chi connectivity index (χ0) is 19.9. The lowest BCUT2D eigenvalue weighted by Gasteiger charge is -2.52. The van der Waals surface area contributed by atoms with Crippen molar-refractivity contribution in [1.29, 1.82) is 0 Å². The maximum Gasteiger partial charge on any atom is 0.217 e. The van der Waals surface area contributed by atoms with E-state index in [1.165, 1.54) is 13.1 Å². The fourth-order valence-corrected chi connectivity index (χ4v) is 4.61. The van der Waals surface area contributed by atoms with Crippen LogP contribution in [0.25, 0.3) is 0 Å². The minimum atomic E-state index is -3.26. The molecule has 0 aromatic carbocycles. The van der Waals surface area contributed by atoms with Gasteiger partial charge < -0.3 is 20.1 Å². The number of anilines is 1. The minimum Gasteiger partial charge on any atom is -0.388 e. The summed E-state index contributed by atoms with van der Waals surface area (Å²) in [4.78, 5) is 18.1. The van der Waals surface area contributed by atoms with Crippen LogP contribution in [0.15, 0.2) is 23.2 Å². The molecule has 2 saturated heterocycles. The summed E-state index contributed by atoms with van der Waals surface area (Å²) in [5.74, 6) is 0.568. The Kier molecular flexibility index (Phi) is 5.22. The monoisotopic (exact) mass is 397 g/mol. The molecule has 0 aliphatic carbocycles. The summed E-state index contributed by atoms with van der Waals surface area (Å²) in [6.07, 6.45) is 3.84.